The van der Waals surface area contributed by atoms with Crippen molar-refractivity contribution in [1.82, 2.24) is 4.98 Å². The van der Waals surface area contributed by atoms with E-state index in [1.54, 1.807) is 6.92 Å². The quantitative estimate of drug-likeness (QED) is 0.627. The summed E-state index contributed by atoms with van der Waals surface area (Å²) in [6.07, 6.45) is 1.42. The summed E-state index contributed by atoms with van der Waals surface area (Å²) in [5.74, 6) is -0.931. The smallest absolute Gasteiger partial charge is 0.356 e. The van der Waals surface area contributed by atoms with Gasteiger partial charge in [-0.2, -0.15) is 0 Å². The second-order valence-corrected chi connectivity index (χ2v) is 7.37. The van der Waals surface area contributed by atoms with E-state index < -0.39 is 5.97 Å². The van der Waals surface area contributed by atoms with Crippen LogP contribution in [-0.2, 0) is 19.1 Å². The van der Waals surface area contributed by atoms with Gasteiger partial charge in [0.2, 0.25) is 0 Å². The monoisotopic (exact) mass is 402 g/mol. The van der Waals surface area contributed by atoms with Crippen LogP contribution in [-0.4, -0.2) is 56.2 Å². The number of nitrogens with one attached hydrogen (secondary N) is 3. The lowest BCUT2D eigenvalue weighted by molar-refractivity contribution is -0.897. The van der Waals surface area contributed by atoms with E-state index >= 15 is 0 Å². The second kappa shape index (κ2) is 9.09. The Hall–Kier alpha value is -2.87. The number of fused-ring (bicyclic) bond motifs is 1. The first-order valence-electron chi connectivity index (χ1n) is 9.94. The molecule has 29 heavy (non-hydrogen) atoms. The van der Waals surface area contributed by atoms with Gasteiger partial charge in [0.15, 0.2) is 6.54 Å². The molecule has 1 aromatic heterocycles. The number of piperidine rings is 1. The van der Waals surface area contributed by atoms with Crippen molar-refractivity contribution in [2.24, 2.45) is 5.92 Å². The number of hydrogen-bond acceptors (Lipinski definition) is 5. The van der Waals surface area contributed by atoms with Crippen LogP contribution >= 0.6 is 0 Å². The molecule has 1 aliphatic heterocycles. The molecule has 0 aliphatic carbocycles. The maximum atomic E-state index is 12.7. The number of quaternary nitrogens is 1. The SMILES string of the molecule is CCOC(=O)C1CC[NH+](CC(=O)Nc2c(C(=O)OC)[nH]c3cccc(C)c23)CC1. The Morgan fingerprint density at radius 3 is 2.62 bits per heavy atom. The normalized spacial score (nSPS) is 19.0. The van der Waals surface area contributed by atoms with Gasteiger partial charge in [-0.25, -0.2) is 4.79 Å². The fraction of sp³-hybridized carbons (Fsp3) is 0.476. The highest BCUT2D eigenvalue weighted by Crippen LogP contribution is 2.31. The third-order valence-corrected chi connectivity index (χ3v) is 5.41. The van der Waals surface area contributed by atoms with Crippen molar-refractivity contribution in [2.75, 3.05) is 38.7 Å². The van der Waals surface area contributed by atoms with Gasteiger partial charge < -0.3 is 24.7 Å². The van der Waals surface area contributed by atoms with E-state index in [0.717, 1.165) is 34.5 Å². The van der Waals surface area contributed by atoms with Crippen molar-refractivity contribution in [1.29, 1.82) is 0 Å². The number of amides is 1. The number of methoxy groups -OCH3 is 1. The van der Waals surface area contributed by atoms with Crippen molar-refractivity contribution in [2.45, 2.75) is 26.7 Å². The second-order valence-electron chi connectivity index (χ2n) is 7.37. The number of likely N-dealkylation sites (tertiary alicyclic amines) is 1. The molecule has 1 fully saturated rings. The summed E-state index contributed by atoms with van der Waals surface area (Å²) in [4.78, 5) is 40.9. The van der Waals surface area contributed by atoms with Gasteiger partial charge in [-0.05, 0) is 25.5 Å². The fourth-order valence-corrected chi connectivity index (χ4v) is 3.92. The van der Waals surface area contributed by atoms with Crippen molar-refractivity contribution in [3.05, 3.63) is 29.5 Å². The molecule has 2 aromatic rings. The molecule has 0 spiro atoms. The molecule has 1 amide bonds. The Balaban J connectivity index is 1.69. The molecule has 0 radical (unpaired) electrons. The van der Waals surface area contributed by atoms with E-state index in [1.807, 2.05) is 25.1 Å². The van der Waals surface area contributed by atoms with E-state index in [1.165, 1.54) is 7.11 Å². The van der Waals surface area contributed by atoms with Crippen molar-refractivity contribution < 1.29 is 28.8 Å². The van der Waals surface area contributed by atoms with E-state index in [2.05, 4.69) is 10.3 Å². The molecular formula is C21H28N3O5+. The van der Waals surface area contributed by atoms with Gasteiger partial charge in [0, 0.05) is 23.7 Å². The molecule has 3 N–H and O–H groups in total. The summed E-state index contributed by atoms with van der Waals surface area (Å²) >= 11 is 0. The zero-order valence-electron chi connectivity index (χ0n) is 17.1. The molecule has 156 valence electrons. The summed E-state index contributed by atoms with van der Waals surface area (Å²) in [5.41, 5.74) is 2.41. The molecule has 8 heteroatoms. The zero-order valence-corrected chi connectivity index (χ0v) is 17.1. The van der Waals surface area contributed by atoms with Gasteiger partial charge in [-0.3, -0.25) is 9.59 Å². The van der Waals surface area contributed by atoms with E-state index in [4.69, 9.17) is 9.47 Å². The predicted molar refractivity (Wildman–Crippen MR) is 108 cm³/mol. The van der Waals surface area contributed by atoms with Crippen LogP contribution in [0.1, 0.15) is 35.8 Å². The summed E-state index contributed by atoms with van der Waals surface area (Å²) < 4.78 is 9.95. The van der Waals surface area contributed by atoms with Gasteiger partial charge in [0.1, 0.15) is 5.69 Å². The lowest BCUT2D eigenvalue weighted by Crippen LogP contribution is -3.14. The van der Waals surface area contributed by atoms with E-state index in [9.17, 15) is 14.4 Å². The van der Waals surface area contributed by atoms with Crippen LogP contribution in [0, 0.1) is 12.8 Å². The lowest BCUT2D eigenvalue weighted by Gasteiger charge is -2.27. The first kappa shape index (κ1) is 20.9. The molecular weight excluding hydrogens is 374 g/mol. The minimum Gasteiger partial charge on any atom is -0.466 e. The van der Waals surface area contributed by atoms with Gasteiger partial charge in [0.05, 0.1) is 38.4 Å². The average molecular weight is 402 g/mol. The van der Waals surface area contributed by atoms with Gasteiger partial charge in [-0.1, -0.05) is 12.1 Å². The van der Waals surface area contributed by atoms with Crippen LogP contribution in [0.15, 0.2) is 18.2 Å². The highest BCUT2D eigenvalue weighted by molar-refractivity contribution is 6.12. The van der Waals surface area contributed by atoms with Crippen LogP contribution in [0.5, 0.6) is 0 Å². The number of hydrogen-bond donors (Lipinski definition) is 3. The first-order valence-corrected chi connectivity index (χ1v) is 9.94. The number of aromatic amines is 1. The lowest BCUT2D eigenvalue weighted by atomic mass is 9.97. The molecule has 8 nitrogen and oxygen atoms in total. The van der Waals surface area contributed by atoms with Gasteiger partial charge >= 0.3 is 11.9 Å². The Morgan fingerprint density at radius 1 is 1.24 bits per heavy atom. The summed E-state index contributed by atoms with van der Waals surface area (Å²) in [6.45, 7) is 5.85. The van der Waals surface area contributed by atoms with Gasteiger partial charge in [-0.15, -0.1) is 0 Å². The molecule has 0 unspecified atom stereocenters. The highest BCUT2D eigenvalue weighted by atomic mass is 16.5. The molecule has 3 rings (SSSR count). The number of H-pyrrole nitrogens is 1. The third kappa shape index (κ3) is 4.59. The molecule has 1 aromatic carbocycles. The zero-order chi connectivity index (χ0) is 21.0. The highest BCUT2D eigenvalue weighted by Gasteiger charge is 2.30. The van der Waals surface area contributed by atoms with Gasteiger partial charge in [0.25, 0.3) is 5.91 Å². The van der Waals surface area contributed by atoms with Crippen LogP contribution in [0.3, 0.4) is 0 Å². The maximum absolute atomic E-state index is 12.7. The maximum Gasteiger partial charge on any atom is 0.356 e. The number of anilines is 1. The Bertz CT molecular complexity index is 912. The molecule has 0 bridgehead atoms. The number of carbonyl (C=O) groups excluding carboxylic acids is 3. The summed E-state index contributed by atoms with van der Waals surface area (Å²) in [6, 6.07) is 5.67. The van der Waals surface area contributed by atoms with E-state index in [0.29, 0.717) is 25.1 Å². The van der Waals surface area contributed by atoms with Crippen molar-refractivity contribution >= 4 is 34.4 Å². The Morgan fingerprint density at radius 2 is 1.97 bits per heavy atom. The Kier molecular flexibility index (Phi) is 6.53. The van der Waals surface area contributed by atoms with Crippen LogP contribution in [0.25, 0.3) is 10.9 Å². The topological polar surface area (TPSA) is 102 Å². The number of esters is 2. The predicted octanol–water partition coefficient (Wildman–Crippen LogP) is 1.06. The molecule has 1 aliphatic rings. The first-order chi connectivity index (χ1) is 13.9. The van der Waals surface area contributed by atoms with E-state index in [-0.39, 0.29) is 30.0 Å². The molecule has 1 saturated heterocycles. The average Bonchev–Trinajstić information content (AvgIpc) is 3.07. The molecule has 0 atom stereocenters. The minimum absolute atomic E-state index is 0.0797. The number of aromatic nitrogens is 1. The van der Waals surface area contributed by atoms with Crippen molar-refractivity contribution in [3.8, 4) is 0 Å². The Labute approximate surface area is 169 Å². The minimum atomic E-state index is -0.529. The van der Waals surface area contributed by atoms with Crippen LogP contribution in [0.4, 0.5) is 5.69 Å². The van der Waals surface area contributed by atoms with Crippen molar-refractivity contribution in [3.63, 3.8) is 0 Å². The number of rotatable bonds is 6. The van der Waals surface area contributed by atoms with Crippen LogP contribution in [0.2, 0.25) is 0 Å². The molecule has 0 saturated carbocycles. The standard InChI is InChI=1S/C21H27N3O5/c1-4-29-20(26)14-8-10-24(11-9-14)12-16(25)23-18-17-13(2)6-5-7-15(17)22-19(18)21(27)28-3/h5-7,14,22H,4,8-12H2,1-3H3,(H,23,25)/p+1. The summed E-state index contributed by atoms with van der Waals surface area (Å²) in [5, 5.41) is 3.71. The number of aryl methyl sites for hydroxylation is 1. The summed E-state index contributed by atoms with van der Waals surface area (Å²) in [7, 11) is 1.31. The third-order valence-electron chi connectivity index (χ3n) is 5.41. The number of ether oxygens (including phenoxy) is 2. The number of benzene rings is 1. The fourth-order valence-electron chi connectivity index (χ4n) is 3.92. The molecule has 2 heterocycles. The largest absolute Gasteiger partial charge is 0.466 e. The number of carbonyl (C=O) groups is 3. The van der Waals surface area contributed by atoms with Crippen LogP contribution < -0.4 is 10.2 Å².